The summed E-state index contributed by atoms with van der Waals surface area (Å²) in [4.78, 5) is 0. The van der Waals surface area contributed by atoms with Crippen molar-refractivity contribution >= 4 is 11.6 Å². The van der Waals surface area contributed by atoms with Gasteiger partial charge in [0, 0.05) is 5.02 Å². The van der Waals surface area contributed by atoms with Crippen LogP contribution in [0.15, 0.2) is 36.4 Å². The van der Waals surface area contributed by atoms with Gasteiger partial charge in [0.15, 0.2) is 0 Å². The Bertz CT molecular complexity index is 712. The minimum Gasteiger partial charge on any atom is -0.207 e. The number of halogens is 3. The molecule has 0 radical (unpaired) electrons. The predicted molar refractivity (Wildman–Crippen MR) is 93.2 cm³/mol. The molecule has 124 valence electrons. The second-order valence-electron chi connectivity index (χ2n) is 7.72. The van der Waals surface area contributed by atoms with E-state index in [-0.39, 0.29) is 17.0 Å². The highest BCUT2D eigenvalue weighted by Crippen LogP contribution is 2.35. The lowest BCUT2D eigenvalue weighted by molar-refractivity contribution is 0.459. The first-order valence-electron chi connectivity index (χ1n) is 7.76. The first-order chi connectivity index (χ1) is 10.5. The molecule has 3 heteroatoms. The van der Waals surface area contributed by atoms with Crippen LogP contribution in [-0.2, 0) is 17.3 Å². The smallest absolute Gasteiger partial charge is 0.130 e. The van der Waals surface area contributed by atoms with E-state index in [2.05, 4.69) is 0 Å². The average Bonchev–Trinajstić information content (AvgIpc) is 2.41. The maximum absolute atomic E-state index is 14.9. The molecule has 0 aliphatic rings. The van der Waals surface area contributed by atoms with Gasteiger partial charge in [0.1, 0.15) is 11.6 Å². The van der Waals surface area contributed by atoms with Crippen molar-refractivity contribution in [3.63, 3.8) is 0 Å². The molecule has 0 heterocycles. The van der Waals surface area contributed by atoms with Gasteiger partial charge in [-0.05, 0) is 52.1 Å². The summed E-state index contributed by atoms with van der Waals surface area (Å²) in [6, 6.07) is 9.97. The highest BCUT2D eigenvalue weighted by molar-refractivity contribution is 6.30. The van der Waals surface area contributed by atoms with Gasteiger partial charge in [-0.2, -0.15) is 0 Å². The van der Waals surface area contributed by atoms with Gasteiger partial charge < -0.3 is 0 Å². The van der Waals surface area contributed by atoms with E-state index in [4.69, 9.17) is 11.6 Å². The van der Waals surface area contributed by atoms with Crippen molar-refractivity contribution in [1.29, 1.82) is 0 Å². The molecule has 0 bridgehead atoms. The van der Waals surface area contributed by atoms with Crippen molar-refractivity contribution in [1.82, 2.24) is 0 Å². The Labute approximate surface area is 142 Å². The molecule has 0 saturated carbocycles. The van der Waals surface area contributed by atoms with Crippen LogP contribution >= 0.6 is 11.6 Å². The van der Waals surface area contributed by atoms with E-state index in [0.717, 1.165) is 0 Å². The van der Waals surface area contributed by atoms with Gasteiger partial charge in [0.2, 0.25) is 0 Å². The molecule has 2 aromatic carbocycles. The molecule has 0 fully saturated rings. The first kappa shape index (κ1) is 17.9. The lowest BCUT2D eigenvalue weighted by Crippen LogP contribution is -2.24. The van der Waals surface area contributed by atoms with Crippen LogP contribution in [0.3, 0.4) is 0 Å². The van der Waals surface area contributed by atoms with Crippen LogP contribution in [0.1, 0.15) is 51.3 Å². The zero-order valence-electron chi connectivity index (χ0n) is 14.3. The first-order valence-corrected chi connectivity index (χ1v) is 8.13. The summed E-state index contributed by atoms with van der Waals surface area (Å²) in [5, 5.41) is 0.510. The van der Waals surface area contributed by atoms with Gasteiger partial charge in [-0.15, -0.1) is 0 Å². The third-order valence-electron chi connectivity index (χ3n) is 4.16. The Morgan fingerprint density at radius 3 is 2.09 bits per heavy atom. The fourth-order valence-electron chi connectivity index (χ4n) is 2.90. The van der Waals surface area contributed by atoms with Gasteiger partial charge in [-0.3, -0.25) is 0 Å². The minimum atomic E-state index is -0.536. The molecule has 2 rings (SSSR count). The SMILES string of the molecule is CC(C)(C)c1cc(Cl)cc(CC(C)(C)c2ccccc2F)c1F. The molecule has 0 atom stereocenters. The largest absolute Gasteiger partial charge is 0.207 e. The van der Waals surface area contributed by atoms with Crippen molar-refractivity contribution in [3.05, 3.63) is 69.7 Å². The monoisotopic (exact) mass is 336 g/mol. The second kappa shape index (κ2) is 6.24. The van der Waals surface area contributed by atoms with Gasteiger partial charge in [-0.1, -0.05) is 64.4 Å². The molecule has 0 N–H and O–H groups in total. The normalized spacial score (nSPS) is 12.5. The van der Waals surface area contributed by atoms with Gasteiger partial charge in [-0.25, -0.2) is 8.78 Å². The Hall–Kier alpha value is -1.41. The van der Waals surface area contributed by atoms with Gasteiger partial charge in [0.05, 0.1) is 0 Å². The Morgan fingerprint density at radius 1 is 0.913 bits per heavy atom. The molecule has 0 aliphatic heterocycles. The van der Waals surface area contributed by atoms with Gasteiger partial charge >= 0.3 is 0 Å². The van der Waals surface area contributed by atoms with E-state index in [1.807, 2.05) is 34.6 Å². The molecule has 0 nitrogen and oxygen atoms in total. The predicted octanol–water partition coefficient (Wildman–Crippen LogP) is 6.44. The minimum absolute atomic E-state index is 0.244. The lowest BCUT2D eigenvalue weighted by Gasteiger charge is -2.28. The number of benzene rings is 2. The summed E-state index contributed by atoms with van der Waals surface area (Å²) >= 11 is 6.19. The average molecular weight is 337 g/mol. The van der Waals surface area contributed by atoms with Crippen molar-refractivity contribution in [2.24, 2.45) is 0 Å². The van der Waals surface area contributed by atoms with Crippen LogP contribution in [0.4, 0.5) is 8.78 Å². The Kier molecular flexibility index (Phi) is 4.86. The van der Waals surface area contributed by atoms with E-state index in [9.17, 15) is 8.78 Å². The van der Waals surface area contributed by atoms with Crippen LogP contribution in [0.25, 0.3) is 0 Å². The summed E-state index contributed by atoms with van der Waals surface area (Å²) in [7, 11) is 0. The van der Waals surface area contributed by atoms with Gasteiger partial charge in [0.25, 0.3) is 0 Å². The molecule has 0 unspecified atom stereocenters. The molecule has 0 saturated heterocycles. The molecule has 0 aromatic heterocycles. The van der Waals surface area contributed by atoms with E-state index in [1.165, 1.54) is 6.07 Å². The van der Waals surface area contributed by atoms with Crippen molar-refractivity contribution < 1.29 is 8.78 Å². The summed E-state index contributed by atoms with van der Waals surface area (Å²) < 4.78 is 29.1. The molecule has 2 aromatic rings. The number of hydrogen-bond acceptors (Lipinski definition) is 0. The van der Waals surface area contributed by atoms with Crippen LogP contribution in [0.5, 0.6) is 0 Å². The van der Waals surface area contributed by atoms with Crippen LogP contribution in [0.2, 0.25) is 5.02 Å². The topological polar surface area (TPSA) is 0 Å². The molecule has 0 amide bonds. The van der Waals surface area contributed by atoms with Crippen molar-refractivity contribution in [2.45, 2.75) is 51.9 Å². The maximum Gasteiger partial charge on any atom is 0.130 e. The second-order valence-corrected chi connectivity index (χ2v) is 8.15. The third-order valence-corrected chi connectivity index (χ3v) is 4.37. The Morgan fingerprint density at radius 2 is 1.52 bits per heavy atom. The Balaban J connectivity index is 2.48. The molecule has 0 aliphatic carbocycles. The fourth-order valence-corrected chi connectivity index (χ4v) is 3.14. The van der Waals surface area contributed by atoms with E-state index in [0.29, 0.717) is 28.1 Å². The standard InChI is InChI=1S/C20H23ClF2/c1-19(2,3)16-11-14(21)10-13(18(16)23)12-20(4,5)15-8-6-7-9-17(15)22/h6-11H,12H2,1-5H3. The lowest BCUT2D eigenvalue weighted by atomic mass is 9.77. The summed E-state index contributed by atoms with van der Waals surface area (Å²) in [6.07, 6.45) is 0.378. The van der Waals surface area contributed by atoms with Crippen LogP contribution < -0.4 is 0 Å². The van der Waals surface area contributed by atoms with E-state index < -0.39 is 5.41 Å². The highest BCUT2D eigenvalue weighted by Gasteiger charge is 2.28. The number of rotatable bonds is 3. The third kappa shape index (κ3) is 3.92. The highest BCUT2D eigenvalue weighted by atomic mass is 35.5. The van der Waals surface area contributed by atoms with E-state index >= 15 is 0 Å². The zero-order valence-corrected chi connectivity index (χ0v) is 15.1. The zero-order chi connectivity index (χ0) is 17.4. The van der Waals surface area contributed by atoms with Crippen molar-refractivity contribution in [3.8, 4) is 0 Å². The quantitative estimate of drug-likeness (QED) is 0.605. The summed E-state index contributed by atoms with van der Waals surface area (Å²) in [5.74, 6) is -0.512. The van der Waals surface area contributed by atoms with Crippen LogP contribution in [-0.4, -0.2) is 0 Å². The number of hydrogen-bond donors (Lipinski definition) is 0. The maximum atomic E-state index is 14.9. The molecule has 0 spiro atoms. The molecular formula is C20H23ClF2. The fraction of sp³-hybridized carbons (Fsp3) is 0.400. The summed E-state index contributed by atoms with van der Waals surface area (Å²) in [5.41, 5.74) is 0.814. The van der Waals surface area contributed by atoms with Crippen molar-refractivity contribution in [2.75, 3.05) is 0 Å². The molecule has 23 heavy (non-hydrogen) atoms. The van der Waals surface area contributed by atoms with Crippen LogP contribution in [0, 0.1) is 11.6 Å². The summed E-state index contributed by atoms with van der Waals surface area (Å²) in [6.45, 7) is 9.69. The molecular weight excluding hydrogens is 314 g/mol. The van der Waals surface area contributed by atoms with E-state index in [1.54, 1.807) is 30.3 Å².